The van der Waals surface area contributed by atoms with Crippen molar-refractivity contribution in [1.29, 1.82) is 0 Å². The summed E-state index contributed by atoms with van der Waals surface area (Å²) in [5.41, 5.74) is 0. The van der Waals surface area contributed by atoms with Gasteiger partial charge in [-0.1, -0.05) is 0 Å². The zero-order valence-electron chi connectivity index (χ0n) is 9.45. The number of nitrogens with zero attached hydrogens (tertiary/aromatic N) is 3. The van der Waals surface area contributed by atoms with Crippen LogP contribution in [0.2, 0.25) is 0 Å². The van der Waals surface area contributed by atoms with Gasteiger partial charge in [-0.25, -0.2) is 0 Å². The summed E-state index contributed by atoms with van der Waals surface area (Å²) in [5.74, 6) is -0.840. The molecule has 2 rings (SSSR count). The lowest BCUT2D eigenvalue weighted by molar-refractivity contribution is -0.389. The molecule has 0 aliphatic carbocycles. The molecule has 18 heavy (non-hydrogen) atoms. The van der Waals surface area contributed by atoms with E-state index in [0.717, 1.165) is 4.90 Å². The number of pyridine rings is 1. The molecule has 1 amide bonds. The molecule has 1 aromatic heterocycles. The Morgan fingerprint density at radius 2 is 2.33 bits per heavy atom. The Balaban J connectivity index is 2.46. The lowest BCUT2D eigenvalue weighted by atomic mass is 10.3. The summed E-state index contributed by atoms with van der Waals surface area (Å²) in [6.07, 6.45) is 0. The van der Waals surface area contributed by atoms with E-state index in [-0.39, 0.29) is 30.5 Å². The second kappa shape index (κ2) is 4.40. The number of amides is 1. The van der Waals surface area contributed by atoms with Gasteiger partial charge in [0.05, 0.1) is 6.54 Å². The van der Waals surface area contributed by atoms with Crippen molar-refractivity contribution in [2.45, 2.75) is 6.92 Å². The largest absolute Gasteiger partial charge is 0.477 e. The van der Waals surface area contributed by atoms with Crippen molar-refractivity contribution in [2.24, 2.45) is 0 Å². The Kier molecular flexibility index (Phi) is 2.92. The minimum atomic E-state index is -0.675. The SMILES string of the molecule is CC(=O)CN1C(=O)COc2ccc([N+](=O)[O-])nc21. The topological polar surface area (TPSA) is 103 Å². The highest BCUT2D eigenvalue weighted by Crippen LogP contribution is 2.31. The average molecular weight is 251 g/mol. The zero-order valence-corrected chi connectivity index (χ0v) is 9.45. The van der Waals surface area contributed by atoms with Gasteiger partial charge >= 0.3 is 5.82 Å². The van der Waals surface area contributed by atoms with Gasteiger partial charge in [0.1, 0.15) is 5.78 Å². The van der Waals surface area contributed by atoms with Crippen molar-refractivity contribution in [3.8, 4) is 5.75 Å². The summed E-state index contributed by atoms with van der Waals surface area (Å²) in [6.45, 7) is 0.933. The van der Waals surface area contributed by atoms with Gasteiger partial charge in [-0.3, -0.25) is 14.5 Å². The van der Waals surface area contributed by atoms with Crippen LogP contribution in [0.4, 0.5) is 11.6 Å². The van der Waals surface area contributed by atoms with E-state index in [2.05, 4.69) is 4.98 Å². The summed E-state index contributed by atoms with van der Waals surface area (Å²) in [5, 5.41) is 10.6. The fourth-order valence-corrected chi connectivity index (χ4v) is 1.55. The quantitative estimate of drug-likeness (QED) is 0.565. The van der Waals surface area contributed by atoms with Crippen LogP contribution in [-0.4, -0.2) is 34.7 Å². The summed E-state index contributed by atoms with van der Waals surface area (Å²) in [4.78, 5) is 37.5. The standard InChI is InChI=1S/C10H9N3O5/c1-6(14)4-12-9(15)5-18-7-2-3-8(13(16)17)11-10(7)12/h2-3H,4-5H2,1H3. The number of anilines is 1. The van der Waals surface area contributed by atoms with Gasteiger partial charge in [0, 0.05) is 6.07 Å². The Labute approximate surface area is 101 Å². The predicted octanol–water partition coefficient (Wildman–Crippen LogP) is 0.304. The average Bonchev–Trinajstić information content (AvgIpc) is 2.31. The van der Waals surface area contributed by atoms with Crippen LogP contribution in [0.3, 0.4) is 0 Å². The molecule has 0 radical (unpaired) electrons. The molecule has 0 aromatic carbocycles. The van der Waals surface area contributed by atoms with E-state index >= 15 is 0 Å². The molecule has 0 saturated heterocycles. The van der Waals surface area contributed by atoms with Crippen LogP contribution in [0.15, 0.2) is 12.1 Å². The fraction of sp³-hybridized carbons (Fsp3) is 0.300. The number of carbonyl (C=O) groups is 2. The van der Waals surface area contributed by atoms with Gasteiger partial charge in [-0.2, -0.15) is 0 Å². The second-order valence-electron chi connectivity index (χ2n) is 3.72. The number of nitro groups is 1. The van der Waals surface area contributed by atoms with Gasteiger partial charge < -0.3 is 14.9 Å². The first-order valence-corrected chi connectivity index (χ1v) is 5.07. The molecule has 0 unspecified atom stereocenters. The van der Waals surface area contributed by atoms with Gasteiger partial charge in [0.2, 0.25) is 0 Å². The van der Waals surface area contributed by atoms with E-state index in [1.807, 2.05) is 0 Å². The van der Waals surface area contributed by atoms with Crippen molar-refractivity contribution in [3.05, 3.63) is 22.2 Å². The highest BCUT2D eigenvalue weighted by molar-refractivity contribution is 6.01. The summed E-state index contributed by atoms with van der Waals surface area (Å²) in [6, 6.07) is 2.54. The smallest absolute Gasteiger partial charge is 0.366 e. The van der Waals surface area contributed by atoms with Crippen LogP contribution in [0.5, 0.6) is 5.75 Å². The van der Waals surface area contributed by atoms with E-state index < -0.39 is 16.6 Å². The van der Waals surface area contributed by atoms with Gasteiger partial charge in [-0.15, -0.1) is 0 Å². The summed E-state index contributed by atoms with van der Waals surface area (Å²) in [7, 11) is 0. The van der Waals surface area contributed by atoms with Crippen LogP contribution in [-0.2, 0) is 9.59 Å². The van der Waals surface area contributed by atoms with Gasteiger partial charge in [0.25, 0.3) is 11.7 Å². The maximum absolute atomic E-state index is 11.6. The first-order valence-electron chi connectivity index (χ1n) is 5.07. The third-order valence-electron chi connectivity index (χ3n) is 2.30. The van der Waals surface area contributed by atoms with Crippen molar-refractivity contribution in [2.75, 3.05) is 18.1 Å². The van der Waals surface area contributed by atoms with Crippen LogP contribution in [0.1, 0.15) is 6.92 Å². The monoisotopic (exact) mass is 251 g/mol. The maximum Gasteiger partial charge on any atom is 0.366 e. The van der Waals surface area contributed by atoms with Crippen molar-refractivity contribution in [1.82, 2.24) is 4.98 Å². The number of rotatable bonds is 3. The molecule has 0 N–H and O–H groups in total. The van der Waals surface area contributed by atoms with E-state index in [9.17, 15) is 19.7 Å². The Hall–Kier alpha value is -2.51. The molecular formula is C10H9N3O5. The van der Waals surface area contributed by atoms with E-state index in [4.69, 9.17) is 4.74 Å². The number of carbonyl (C=O) groups excluding carboxylic acids is 2. The second-order valence-corrected chi connectivity index (χ2v) is 3.72. The number of aromatic nitrogens is 1. The maximum atomic E-state index is 11.6. The predicted molar refractivity (Wildman–Crippen MR) is 59.4 cm³/mol. The molecular weight excluding hydrogens is 242 g/mol. The lowest BCUT2D eigenvalue weighted by Crippen LogP contribution is -2.42. The van der Waals surface area contributed by atoms with Crippen LogP contribution >= 0.6 is 0 Å². The molecule has 2 heterocycles. The molecule has 0 fully saturated rings. The van der Waals surface area contributed by atoms with Crippen LogP contribution < -0.4 is 9.64 Å². The minimum absolute atomic E-state index is 0.00986. The molecule has 0 atom stereocenters. The van der Waals surface area contributed by atoms with Crippen LogP contribution in [0.25, 0.3) is 0 Å². The van der Waals surface area contributed by atoms with Crippen molar-refractivity contribution in [3.63, 3.8) is 0 Å². The molecule has 1 aliphatic rings. The molecule has 0 saturated carbocycles. The Morgan fingerprint density at radius 3 is 2.94 bits per heavy atom. The highest BCUT2D eigenvalue weighted by atomic mass is 16.6. The molecule has 1 aromatic rings. The van der Waals surface area contributed by atoms with Gasteiger partial charge in [0.15, 0.2) is 12.4 Å². The molecule has 1 aliphatic heterocycles. The number of Topliss-reactive ketones (excluding diaryl/α,β-unsaturated/α-hetero) is 1. The third-order valence-corrected chi connectivity index (χ3v) is 2.30. The fourth-order valence-electron chi connectivity index (χ4n) is 1.55. The number of hydrogen-bond acceptors (Lipinski definition) is 6. The number of hydrogen-bond donors (Lipinski definition) is 0. The summed E-state index contributed by atoms with van der Waals surface area (Å²) < 4.78 is 5.09. The van der Waals surface area contributed by atoms with E-state index in [1.54, 1.807) is 0 Å². The van der Waals surface area contributed by atoms with E-state index in [0.29, 0.717) is 0 Å². The van der Waals surface area contributed by atoms with Crippen molar-refractivity contribution >= 4 is 23.3 Å². The first-order chi connectivity index (χ1) is 8.49. The van der Waals surface area contributed by atoms with Crippen LogP contribution in [0, 0.1) is 10.1 Å². The minimum Gasteiger partial charge on any atom is -0.477 e. The van der Waals surface area contributed by atoms with E-state index in [1.165, 1.54) is 19.1 Å². The van der Waals surface area contributed by atoms with Crippen molar-refractivity contribution < 1.29 is 19.2 Å². The molecule has 0 spiro atoms. The highest BCUT2D eigenvalue weighted by Gasteiger charge is 2.32. The normalized spacial score (nSPS) is 13.8. The number of ketones is 1. The lowest BCUT2D eigenvalue weighted by Gasteiger charge is -2.24. The molecule has 8 heteroatoms. The summed E-state index contributed by atoms with van der Waals surface area (Å²) >= 11 is 0. The zero-order chi connectivity index (χ0) is 13.3. The molecule has 0 bridgehead atoms. The Morgan fingerprint density at radius 1 is 1.61 bits per heavy atom. The first kappa shape index (κ1) is 12.0. The molecule has 8 nitrogen and oxygen atoms in total. The number of ether oxygens (including phenoxy) is 1. The Bertz CT molecular complexity index is 542. The number of fused-ring (bicyclic) bond motifs is 1. The van der Waals surface area contributed by atoms with Gasteiger partial charge in [-0.05, 0) is 22.9 Å². The third kappa shape index (κ3) is 2.12. The molecule has 94 valence electrons.